The summed E-state index contributed by atoms with van der Waals surface area (Å²) in [6.45, 7) is 0.326. The highest BCUT2D eigenvalue weighted by molar-refractivity contribution is 5.79. The molecule has 0 bridgehead atoms. The first kappa shape index (κ1) is 14.0. The first-order valence-corrected chi connectivity index (χ1v) is 6.83. The molecule has 1 N–H and O–H groups in total. The Morgan fingerprint density at radius 2 is 2.09 bits per heavy atom. The molecule has 0 aliphatic carbocycles. The van der Waals surface area contributed by atoms with Crippen LogP contribution in [0, 0.1) is 0 Å². The second kappa shape index (κ2) is 5.80. The number of rotatable bonds is 4. The number of fused-ring (bicyclic) bond motifs is 1. The summed E-state index contributed by atoms with van der Waals surface area (Å²) in [6, 6.07) is 9.06. The van der Waals surface area contributed by atoms with Crippen LogP contribution in [0.25, 0.3) is 11.0 Å². The van der Waals surface area contributed by atoms with Crippen LogP contribution in [0.1, 0.15) is 5.69 Å². The van der Waals surface area contributed by atoms with E-state index in [1.807, 2.05) is 25.2 Å². The third-order valence-corrected chi connectivity index (χ3v) is 3.44. The van der Waals surface area contributed by atoms with Crippen molar-refractivity contribution in [3.63, 3.8) is 0 Å². The van der Waals surface area contributed by atoms with Gasteiger partial charge in [-0.1, -0.05) is 12.1 Å². The molecule has 0 unspecified atom stereocenters. The molecule has 0 saturated heterocycles. The maximum Gasteiger partial charge on any atom is 0.269 e. The molecule has 0 fully saturated rings. The van der Waals surface area contributed by atoms with Gasteiger partial charge in [-0.05, 0) is 18.2 Å². The second-order valence-electron chi connectivity index (χ2n) is 4.89. The lowest BCUT2D eigenvalue weighted by atomic mass is 10.3. The summed E-state index contributed by atoms with van der Waals surface area (Å²) in [4.78, 5) is 28.1. The normalized spacial score (nSPS) is 10.8. The molecule has 1 amide bonds. The number of carbonyl (C=O) groups is 1. The summed E-state index contributed by atoms with van der Waals surface area (Å²) in [6.07, 6.45) is 2.90. The van der Waals surface area contributed by atoms with E-state index in [0.29, 0.717) is 17.6 Å². The maximum absolute atomic E-state index is 12.1. The number of nitrogens with zero attached hydrogens (tertiary/aromatic N) is 4. The van der Waals surface area contributed by atoms with Crippen molar-refractivity contribution in [2.24, 2.45) is 7.05 Å². The van der Waals surface area contributed by atoms with Gasteiger partial charge in [-0.25, -0.2) is 4.98 Å². The van der Waals surface area contributed by atoms with Gasteiger partial charge in [0.25, 0.3) is 5.56 Å². The summed E-state index contributed by atoms with van der Waals surface area (Å²) in [5.74, 6) is -0.236. The van der Waals surface area contributed by atoms with Crippen molar-refractivity contribution in [2.45, 2.75) is 13.1 Å². The molecule has 0 aliphatic heterocycles. The molecule has 2 aromatic heterocycles. The molecule has 22 heavy (non-hydrogen) atoms. The minimum atomic E-state index is -0.297. The first-order valence-electron chi connectivity index (χ1n) is 6.83. The highest BCUT2D eigenvalue weighted by Crippen LogP contribution is 2.07. The Bertz CT molecular complexity index is 881. The zero-order valence-corrected chi connectivity index (χ0v) is 12.1. The Kier molecular flexibility index (Phi) is 3.69. The smallest absolute Gasteiger partial charge is 0.269 e. The lowest BCUT2D eigenvalue weighted by Gasteiger charge is -2.10. The quantitative estimate of drug-likeness (QED) is 0.758. The van der Waals surface area contributed by atoms with Crippen molar-refractivity contribution in [2.75, 3.05) is 0 Å². The molecule has 3 rings (SSSR count). The van der Waals surface area contributed by atoms with Crippen LogP contribution in [0.3, 0.4) is 0 Å². The monoisotopic (exact) mass is 297 g/mol. The second-order valence-corrected chi connectivity index (χ2v) is 4.89. The van der Waals surface area contributed by atoms with Crippen LogP contribution >= 0.6 is 0 Å². The number of carbonyl (C=O) groups excluding carboxylic acids is 1. The Balaban J connectivity index is 1.78. The van der Waals surface area contributed by atoms with Gasteiger partial charge in [0.2, 0.25) is 5.91 Å². The summed E-state index contributed by atoms with van der Waals surface area (Å²) in [7, 11) is 1.81. The summed E-state index contributed by atoms with van der Waals surface area (Å²) in [5, 5.41) is 6.82. The first-order chi connectivity index (χ1) is 10.6. The predicted molar refractivity (Wildman–Crippen MR) is 81.1 cm³/mol. The largest absolute Gasteiger partial charge is 0.349 e. The van der Waals surface area contributed by atoms with Gasteiger partial charge in [-0.3, -0.25) is 18.8 Å². The average molecular weight is 297 g/mol. The van der Waals surface area contributed by atoms with Crippen molar-refractivity contribution in [3.05, 3.63) is 58.8 Å². The van der Waals surface area contributed by atoms with Crippen LogP contribution in [-0.2, 0) is 24.9 Å². The minimum Gasteiger partial charge on any atom is -0.349 e. The van der Waals surface area contributed by atoms with E-state index < -0.39 is 0 Å². The molecule has 0 aliphatic rings. The third kappa shape index (κ3) is 2.73. The van der Waals surface area contributed by atoms with Gasteiger partial charge in [0.1, 0.15) is 6.54 Å². The van der Waals surface area contributed by atoms with Crippen molar-refractivity contribution in [3.8, 4) is 0 Å². The fraction of sp³-hybridized carbons (Fsp3) is 0.200. The SMILES string of the molecule is Cn1nccc1CNC(=O)Cn1c(=O)cnc2ccccc21. The molecule has 2 heterocycles. The van der Waals surface area contributed by atoms with E-state index in [1.165, 1.54) is 10.8 Å². The van der Waals surface area contributed by atoms with E-state index in [1.54, 1.807) is 23.0 Å². The molecule has 0 radical (unpaired) electrons. The fourth-order valence-electron chi connectivity index (χ4n) is 2.24. The molecule has 3 aromatic rings. The Labute approximate surface area is 126 Å². The molecular formula is C15H15N5O2. The number of aryl methyl sites for hydroxylation is 1. The molecular weight excluding hydrogens is 282 g/mol. The van der Waals surface area contributed by atoms with E-state index in [4.69, 9.17) is 0 Å². The van der Waals surface area contributed by atoms with Crippen LogP contribution in [0.15, 0.2) is 47.5 Å². The number of aromatic nitrogens is 4. The minimum absolute atomic E-state index is 0.0419. The van der Waals surface area contributed by atoms with Crippen molar-refractivity contribution < 1.29 is 4.79 Å². The standard InChI is InChI=1S/C15H15N5O2/c1-19-11(6-7-18-19)8-17-14(21)10-20-13-5-3-2-4-12(13)16-9-15(20)22/h2-7,9H,8,10H2,1H3,(H,17,21). The van der Waals surface area contributed by atoms with E-state index in [0.717, 1.165) is 5.69 Å². The van der Waals surface area contributed by atoms with E-state index >= 15 is 0 Å². The topological polar surface area (TPSA) is 81.8 Å². The van der Waals surface area contributed by atoms with Crippen molar-refractivity contribution >= 4 is 16.9 Å². The maximum atomic E-state index is 12.1. The molecule has 7 heteroatoms. The van der Waals surface area contributed by atoms with Crippen LogP contribution in [0.2, 0.25) is 0 Å². The molecule has 0 atom stereocenters. The Hall–Kier alpha value is -2.96. The van der Waals surface area contributed by atoms with Gasteiger partial charge in [-0.15, -0.1) is 0 Å². The van der Waals surface area contributed by atoms with Gasteiger partial charge in [-0.2, -0.15) is 5.10 Å². The van der Waals surface area contributed by atoms with Crippen molar-refractivity contribution in [1.29, 1.82) is 0 Å². The number of nitrogens with one attached hydrogen (secondary N) is 1. The Morgan fingerprint density at radius 3 is 2.86 bits per heavy atom. The highest BCUT2D eigenvalue weighted by atomic mass is 16.2. The van der Waals surface area contributed by atoms with Gasteiger partial charge >= 0.3 is 0 Å². The number of para-hydroxylation sites is 2. The predicted octanol–water partition coefficient (Wildman–Crippen LogP) is 0.446. The molecule has 0 saturated carbocycles. The average Bonchev–Trinajstić information content (AvgIpc) is 2.93. The lowest BCUT2D eigenvalue weighted by molar-refractivity contribution is -0.121. The van der Waals surface area contributed by atoms with E-state index in [-0.39, 0.29) is 18.0 Å². The molecule has 0 spiro atoms. The highest BCUT2D eigenvalue weighted by Gasteiger charge is 2.09. The lowest BCUT2D eigenvalue weighted by Crippen LogP contribution is -2.32. The van der Waals surface area contributed by atoms with Crippen LogP contribution < -0.4 is 10.9 Å². The summed E-state index contributed by atoms with van der Waals surface area (Å²) < 4.78 is 3.11. The van der Waals surface area contributed by atoms with Crippen LogP contribution in [-0.4, -0.2) is 25.2 Å². The zero-order chi connectivity index (χ0) is 15.5. The van der Waals surface area contributed by atoms with Gasteiger partial charge < -0.3 is 5.32 Å². The number of benzene rings is 1. The van der Waals surface area contributed by atoms with Gasteiger partial charge in [0.15, 0.2) is 0 Å². The van der Waals surface area contributed by atoms with Crippen LogP contribution in [0.4, 0.5) is 0 Å². The van der Waals surface area contributed by atoms with Gasteiger partial charge in [0, 0.05) is 13.2 Å². The summed E-state index contributed by atoms with van der Waals surface area (Å²) in [5.41, 5.74) is 1.92. The number of amides is 1. The van der Waals surface area contributed by atoms with Crippen LogP contribution in [0.5, 0.6) is 0 Å². The van der Waals surface area contributed by atoms with Crippen molar-refractivity contribution in [1.82, 2.24) is 24.6 Å². The third-order valence-electron chi connectivity index (χ3n) is 3.44. The fourth-order valence-corrected chi connectivity index (χ4v) is 2.24. The van der Waals surface area contributed by atoms with Gasteiger partial charge in [0.05, 0.1) is 29.5 Å². The number of hydrogen-bond acceptors (Lipinski definition) is 4. The molecule has 112 valence electrons. The molecule has 1 aromatic carbocycles. The summed E-state index contributed by atoms with van der Waals surface area (Å²) >= 11 is 0. The Morgan fingerprint density at radius 1 is 1.27 bits per heavy atom. The van der Waals surface area contributed by atoms with E-state index in [2.05, 4.69) is 15.4 Å². The number of hydrogen-bond donors (Lipinski definition) is 1. The molecule has 7 nitrogen and oxygen atoms in total. The zero-order valence-electron chi connectivity index (χ0n) is 12.1. The van der Waals surface area contributed by atoms with E-state index in [9.17, 15) is 9.59 Å².